The van der Waals surface area contributed by atoms with Crippen molar-refractivity contribution in [1.29, 1.82) is 0 Å². The molecule has 0 radical (unpaired) electrons. The third kappa shape index (κ3) is 44.9. The number of hydrogen-bond donors (Lipinski definition) is 3. The number of aliphatic carboxylic acids is 2. The van der Waals surface area contributed by atoms with E-state index >= 15 is 0 Å². The van der Waals surface area contributed by atoms with Gasteiger partial charge in [0.15, 0.2) is 6.54 Å². The Kier molecular flexibility index (Phi) is 39.9. The fourth-order valence-corrected chi connectivity index (χ4v) is 11.5. The molecular weight excluding hydrogens is 1440 g/mol. The van der Waals surface area contributed by atoms with E-state index in [0.717, 1.165) is 0 Å². The molecule has 44 heteroatoms. The number of carbonyl (C=O) groups excluding carboxylic acids is 1. The quantitative estimate of drug-likeness (QED) is 0.0178. The number of likely N-dealkylation sites (N-methyl/N-ethyl adjacent to an activating group) is 1. The number of carbonyl (C=O) groups is 2. The molecule has 0 spiro atoms. The average Bonchev–Trinajstić information content (AvgIpc) is 1.70. The molecule has 560 valence electrons. The summed E-state index contributed by atoms with van der Waals surface area (Å²) < 4.78 is 431. The largest absolute Gasteiger partial charge is 1.00 e. The molecule has 0 bridgehead atoms. The maximum atomic E-state index is 14.3. The number of nitrogens with one attached hydrogen (secondary N) is 2. The van der Waals surface area contributed by atoms with Crippen LogP contribution in [0.2, 0.25) is 0 Å². The third-order valence-corrected chi connectivity index (χ3v) is 16.6. The SMILES string of the molecule is CC(CC(CC(CCS(=O)(=O)NCCCN(C)C)C(F)(F)F)C(F)(F)F)CC(F)(F)CC(F)(F)CC(C)(F)C(F)(F)F.CC(CC(CC(CCS(=O)(=O)NCCC[N+](C)(C)CC(=O)O)C(F)(F)F)C(F)(F)F)CC(F)(F)CC(F)(F)CC(C)(F)C(F)(F)F.O=C([O-])CCl.[Na+]. The van der Waals surface area contributed by atoms with Crippen LogP contribution in [-0.2, 0) is 29.6 Å². The Balaban J connectivity index is -0.000000797. The first-order valence-electron chi connectivity index (χ1n) is 27.4. The summed E-state index contributed by atoms with van der Waals surface area (Å²) in [5.41, 5.74) is -9.13. The zero-order valence-electron chi connectivity index (χ0n) is 52.0. The van der Waals surface area contributed by atoms with Crippen molar-refractivity contribution in [2.45, 2.75) is 190 Å². The molecule has 0 aromatic heterocycles. The van der Waals surface area contributed by atoms with Gasteiger partial charge < -0.3 is 24.4 Å². The van der Waals surface area contributed by atoms with Crippen molar-refractivity contribution in [3.05, 3.63) is 0 Å². The van der Waals surface area contributed by atoms with Crippen LogP contribution in [0.4, 0.5) is 123 Å². The van der Waals surface area contributed by atoms with Gasteiger partial charge in [0.25, 0.3) is 23.7 Å². The number of halogens is 29. The van der Waals surface area contributed by atoms with Gasteiger partial charge in [-0.2, -0.15) is 79.0 Å². The minimum atomic E-state index is -5.84. The van der Waals surface area contributed by atoms with Crippen molar-refractivity contribution in [2.75, 3.05) is 78.3 Å². The standard InChI is InChI=1S/C25H38F14N2O4S.C23H36F14N2O2S.C2H3ClO2.Na/c1-16(12-21(27,28)15-22(29,30)14-20(2,26)25(37,38)39)10-18(24(34,35)36)11-17(23(31,32)33)6-9-46(44,45)40-7-5-8-41(3,4)13-19(42)43;1-15(12-19(25,26)14-20(27,28)13-18(2,24)23(35,36)37)10-17(22(32,33)34)11-16(21(29,30)31)6-9-42(40,41)38-7-5-8-39(3)4;3-1-2(4)5;/h16-18,40H,5-15H2,1-4H3;15-17,38H,5-14H2,1-4H3;1H2,(H,4,5);/q;;;+1. The summed E-state index contributed by atoms with van der Waals surface area (Å²) in [4.78, 5) is 21.6. The van der Waals surface area contributed by atoms with Crippen LogP contribution in [0.15, 0.2) is 0 Å². The van der Waals surface area contributed by atoms with Crippen molar-refractivity contribution < 1.29 is 194 Å². The first-order chi connectivity index (χ1) is 40.8. The maximum Gasteiger partial charge on any atom is 1.00 e. The van der Waals surface area contributed by atoms with Crippen LogP contribution in [0.1, 0.15) is 118 Å². The van der Waals surface area contributed by atoms with E-state index in [9.17, 15) is 145 Å². The molecule has 0 amide bonds. The topological polar surface area (TPSA) is 173 Å². The Morgan fingerprint density at radius 3 is 1.04 bits per heavy atom. The molecule has 0 aliphatic rings. The maximum absolute atomic E-state index is 14.3. The van der Waals surface area contributed by atoms with E-state index in [2.05, 4.69) is 11.6 Å². The van der Waals surface area contributed by atoms with Gasteiger partial charge in [0.2, 0.25) is 31.4 Å². The Morgan fingerprint density at radius 1 is 0.511 bits per heavy atom. The summed E-state index contributed by atoms with van der Waals surface area (Å²) in [6, 6.07) is 0. The molecular formula is C50H77ClF28N4NaO8S2+. The molecule has 0 aromatic rings. The van der Waals surface area contributed by atoms with E-state index in [1.54, 1.807) is 19.0 Å². The summed E-state index contributed by atoms with van der Waals surface area (Å²) in [5.74, 6) is -39.7. The Morgan fingerprint density at radius 2 is 0.798 bits per heavy atom. The Bertz CT molecular complexity index is 2450. The van der Waals surface area contributed by atoms with Crippen LogP contribution in [0.3, 0.4) is 0 Å². The van der Waals surface area contributed by atoms with Crippen LogP contribution in [0.25, 0.3) is 0 Å². The molecule has 8 unspecified atom stereocenters. The molecule has 8 atom stereocenters. The molecule has 0 fully saturated rings. The zero-order chi connectivity index (χ0) is 74.7. The fourth-order valence-electron chi connectivity index (χ4n) is 9.14. The van der Waals surface area contributed by atoms with E-state index in [4.69, 9.17) is 15.0 Å². The summed E-state index contributed by atoms with van der Waals surface area (Å²) in [7, 11) is -2.38. The number of rotatable bonds is 39. The van der Waals surface area contributed by atoms with Gasteiger partial charge in [-0.25, -0.2) is 75.0 Å². The molecule has 3 N–H and O–H groups in total. The number of carboxylic acids is 2. The number of quaternary nitrogens is 1. The predicted octanol–water partition coefficient (Wildman–Crippen LogP) is 11.1. The number of carboxylic acid groups (broad SMARTS) is 2. The first-order valence-corrected chi connectivity index (χ1v) is 31.3. The van der Waals surface area contributed by atoms with Gasteiger partial charge in [-0.05, 0) is 91.3 Å². The van der Waals surface area contributed by atoms with Crippen molar-refractivity contribution in [1.82, 2.24) is 14.3 Å². The minimum Gasteiger partial charge on any atom is -0.549 e. The predicted molar refractivity (Wildman–Crippen MR) is 279 cm³/mol. The first kappa shape index (κ1) is 98.4. The fraction of sp³-hybridized carbons (Fsp3) is 0.960. The van der Waals surface area contributed by atoms with Gasteiger partial charge in [-0.1, -0.05) is 13.8 Å². The molecule has 0 heterocycles. The minimum absolute atomic E-state index is 0. The molecule has 0 saturated carbocycles. The van der Waals surface area contributed by atoms with E-state index in [1.807, 2.05) is 9.44 Å². The van der Waals surface area contributed by atoms with Crippen LogP contribution in [-0.4, -0.2) is 194 Å². The normalized spacial score (nSPS) is 17.2. The molecule has 94 heavy (non-hydrogen) atoms. The molecule has 0 aromatic carbocycles. The third-order valence-electron chi connectivity index (χ3n) is 13.6. The van der Waals surface area contributed by atoms with Gasteiger partial charge in [-0.3, -0.25) is 0 Å². The molecule has 0 aliphatic carbocycles. The van der Waals surface area contributed by atoms with Crippen LogP contribution in [0, 0.1) is 35.5 Å². The summed E-state index contributed by atoms with van der Waals surface area (Å²) in [5, 5.41) is 18.0. The van der Waals surface area contributed by atoms with E-state index in [1.165, 1.54) is 14.1 Å². The van der Waals surface area contributed by atoms with Gasteiger partial charge in [0, 0.05) is 32.4 Å². The second kappa shape index (κ2) is 38.2. The molecule has 0 aliphatic heterocycles. The monoisotopic (exact) mass is 1520 g/mol. The number of hydrogen-bond acceptors (Lipinski definition) is 8. The number of nitrogens with zero attached hydrogens (tertiary/aromatic N) is 2. The number of alkyl halides is 29. The van der Waals surface area contributed by atoms with Crippen molar-refractivity contribution in [3.8, 4) is 0 Å². The summed E-state index contributed by atoms with van der Waals surface area (Å²) in [6.45, 7) is 0.564. The van der Waals surface area contributed by atoms with Gasteiger partial charge >= 0.3 is 72.6 Å². The van der Waals surface area contributed by atoms with Crippen molar-refractivity contribution in [3.63, 3.8) is 0 Å². The van der Waals surface area contributed by atoms with Crippen LogP contribution in [0.5, 0.6) is 0 Å². The van der Waals surface area contributed by atoms with Crippen molar-refractivity contribution >= 4 is 43.6 Å². The molecule has 12 nitrogen and oxygen atoms in total. The van der Waals surface area contributed by atoms with Crippen molar-refractivity contribution in [2.24, 2.45) is 35.5 Å². The second-order valence-corrected chi connectivity index (χ2v) is 28.4. The van der Waals surface area contributed by atoms with E-state index < -0.39 is 234 Å². The van der Waals surface area contributed by atoms with Gasteiger partial charge in [-0.15, -0.1) is 11.6 Å². The molecule has 0 rings (SSSR count). The smallest absolute Gasteiger partial charge is 0.549 e. The summed E-state index contributed by atoms with van der Waals surface area (Å²) >= 11 is 4.67. The van der Waals surface area contributed by atoms with Crippen LogP contribution < -0.4 is 44.1 Å². The van der Waals surface area contributed by atoms with Gasteiger partial charge in [0.05, 0.1) is 93.4 Å². The number of sulfonamides is 2. The van der Waals surface area contributed by atoms with E-state index in [-0.39, 0.29) is 86.9 Å². The Hall–Kier alpha value is -1.99. The second-order valence-electron chi connectivity index (χ2n) is 24.3. The average molecular weight is 1520 g/mol. The van der Waals surface area contributed by atoms with E-state index in [0.29, 0.717) is 20.4 Å². The summed E-state index contributed by atoms with van der Waals surface area (Å²) in [6.07, 6.45) is -56.1. The molecule has 0 saturated heterocycles. The Labute approximate surface area is 552 Å². The van der Waals surface area contributed by atoms with Crippen LogP contribution >= 0.6 is 11.6 Å². The van der Waals surface area contributed by atoms with Gasteiger partial charge in [0.1, 0.15) is 0 Å². The zero-order valence-corrected chi connectivity index (χ0v) is 56.4.